The molecule has 1 N–H and O–H groups in total. The molecular formula is C26H23NO4. The Bertz CT molecular complexity index is 1120. The predicted octanol–water partition coefficient (Wildman–Crippen LogP) is 4.62. The van der Waals surface area contributed by atoms with E-state index in [4.69, 9.17) is 9.84 Å². The zero-order chi connectivity index (χ0) is 21.4. The molecule has 0 spiro atoms. The number of rotatable bonds is 4. The average molecular weight is 413 g/mol. The van der Waals surface area contributed by atoms with Gasteiger partial charge in [0.05, 0.1) is 6.42 Å². The summed E-state index contributed by atoms with van der Waals surface area (Å²) in [6, 6.07) is 22.3. The number of benzene rings is 3. The zero-order valence-electron chi connectivity index (χ0n) is 17.1. The number of amides is 1. The molecule has 1 aliphatic carbocycles. The van der Waals surface area contributed by atoms with Crippen LogP contribution in [0.15, 0.2) is 66.7 Å². The van der Waals surface area contributed by atoms with Crippen molar-refractivity contribution in [3.05, 3.63) is 94.5 Å². The number of carbonyl (C=O) groups is 2. The third-order valence-corrected chi connectivity index (χ3v) is 6.23. The molecule has 5 rings (SSSR count). The summed E-state index contributed by atoms with van der Waals surface area (Å²) in [7, 11) is 0. The predicted molar refractivity (Wildman–Crippen MR) is 117 cm³/mol. The van der Waals surface area contributed by atoms with Crippen LogP contribution in [0.5, 0.6) is 0 Å². The first-order valence-electron chi connectivity index (χ1n) is 10.5. The molecule has 3 aromatic rings. The van der Waals surface area contributed by atoms with Crippen LogP contribution < -0.4 is 0 Å². The second kappa shape index (κ2) is 7.91. The number of hydrogen-bond donors (Lipinski definition) is 1. The van der Waals surface area contributed by atoms with Crippen LogP contribution in [0.25, 0.3) is 11.1 Å². The summed E-state index contributed by atoms with van der Waals surface area (Å²) < 4.78 is 5.78. The molecule has 0 bridgehead atoms. The number of fused-ring (bicyclic) bond motifs is 4. The Labute approximate surface area is 180 Å². The van der Waals surface area contributed by atoms with Crippen LogP contribution in [0, 0.1) is 0 Å². The van der Waals surface area contributed by atoms with Crippen LogP contribution in [0.2, 0.25) is 0 Å². The van der Waals surface area contributed by atoms with Crippen LogP contribution in [0.1, 0.15) is 33.7 Å². The molecule has 0 unspecified atom stereocenters. The first kappa shape index (κ1) is 19.4. The third kappa shape index (κ3) is 3.67. The molecule has 31 heavy (non-hydrogen) atoms. The minimum absolute atomic E-state index is 0.0172. The second-order valence-electron chi connectivity index (χ2n) is 8.15. The molecule has 0 saturated heterocycles. The van der Waals surface area contributed by atoms with E-state index in [9.17, 15) is 9.59 Å². The number of ether oxygens (including phenoxy) is 1. The van der Waals surface area contributed by atoms with E-state index in [0.29, 0.717) is 26.1 Å². The van der Waals surface area contributed by atoms with Gasteiger partial charge in [-0.2, -0.15) is 0 Å². The van der Waals surface area contributed by atoms with Crippen LogP contribution in [0.4, 0.5) is 4.79 Å². The first-order valence-corrected chi connectivity index (χ1v) is 10.5. The van der Waals surface area contributed by atoms with E-state index in [0.717, 1.165) is 16.7 Å². The van der Waals surface area contributed by atoms with E-state index in [2.05, 4.69) is 24.3 Å². The summed E-state index contributed by atoms with van der Waals surface area (Å²) in [6.45, 7) is 1.37. The van der Waals surface area contributed by atoms with Gasteiger partial charge in [-0.05, 0) is 45.4 Å². The molecule has 5 nitrogen and oxygen atoms in total. The number of nitrogens with zero attached hydrogens (tertiary/aromatic N) is 1. The molecule has 1 aliphatic heterocycles. The van der Waals surface area contributed by atoms with E-state index in [1.54, 1.807) is 4.90 Å². The van der Waals surface area contributed by atoms with Gasteiger partial charge in [0.15, 0.2) is 0 Å². The van der Waals surface area contributed by atoms with Gasteiger partial charge >= 0.3 is 12.1 Å². The molecule has 1 amide bonds. The van der Waals surface area contributed by atoms with Gasteiger partial charge < -0.3 is 14.7 Å². The van der Waals surface area contributed by atoms with Gasteiger partial charge in [-0.25, -0.2) is 4.79 Å². The van der Waals surface area contributed by atoms with Gasteiger partial charge in [0.2, 0.25) is 0 Å². The van der Waals surface area contributed by atoms with E-state index >= 15 is 0 Å². The Hall–Kier alpha value is -3.60. The van der Waals surface area contributed by atoms with E-state index in [1.807, 2.05) is 42.5 Å². The van der Waals surface area contributed by atoms with Crippen molar-refractivity contribution in [3.8, 4) is 11.1 Å². The van der Waals surface area contributed by atoms with Crippen LogP contribution in [-0.2, 0) is 28.9 Å². The lowest BCUT2D eigenvalue weighted by Gasteiger charge is -2.29. The smallest absolute Gasteiger partial charge is 0.410 e. The van der Waals surface area contributed by atoms with Crippen LogP contribution >= 0.6 is 0 Å². The highest BCUT2D eigenvalue weighted by Crippen LogP contribution is 2.44. The molecule has 5 heteroatoms. The van der Waals surface area contributed by atoms with Gasteiger partial charge in [0.25, 0.3) is 0 Å². The van der Waals surface area contributed by atoms with Crippen molar-refractivity contribution in [2.45, 2.75) is 25.3 Å². The van der Waals surface area contributed by atoms with Crippen LogP contribution in [0.3, 0.4) is 0 Å². The Balaban J connectivity index is 1.27. The van der Waals surface area contributed by atoms with E-state index < -0.39 is 5.97 Å². The Morgan fingerprint density at radius 3 is 2.29 bits per heavy atom. The molecule has 0 atom stereocenters. The molecule has 0 radical (unpaired) electrons. The van der Waals surface area contributed by atoms with E-state index in [-0.39, 0.29) is 18.4 Å². The number of carboxylic acids is 1. The Morgan fingerprint density at radius 1 is 0.935 bits per heavy atom. The zero-order valence-corrected chi connectivity index (χ0v) is 17.1. The fourth-order valence-electron chi connectivity index (χ4n) is 4.73. The molecule has 3 aromatic carbocycles. The van der Waals surface area contributed by atoms with Crippen LogP contribution in [-0.4, -0.2) is 35.2 Å². The Kier molecular flexibility index (Phi) is 4.94. The molecular weight excluding hydrogens is 390 g/mol. The summed E-state index contributed by atoms with van der Waals surface area (Å²) in [5.41, 5.74) is 7.78. The molecule has 0 saturated carbocycles. The molecule has 2 aliphatic rings. The minimum atomic E-state index is -0.837. The molecule has 156 valence electrons. The minimum Gasteiger partial charge on any atom is -0.481 e. The first-order chi connectivity index (χ1) is 15.1. The maximum absolute atomic E-state index is 12.8. The van der Waals surface area contributed by atoms with Crippen molar-refractivity contribution in [1.82, 2.24) is 4.90 Å². The van der Waals surface area contributed by atoms with Crippen molar-refractivity contribution in [2.75, 3.05) is 13.2 Å². The summed E-state index contributed by atoms with van der Waals surface area (Å²) in [5.74, 6) is -0.789. The second-order valence-corrected chi connectivity index (χ2v) is 8.15. The van der Waals surface area contributed by atoms with E-state index in [1.165, 1.54) is 22.3 Å². The van der Waals surface area contributed by atoms with Crippen molar-refractivity contribution in [2.24, 2.45) is 0 Å². The van der Waals surface area contributed by atoms with Crippen molar-refractivity contribution in [1.29, 1.82) is 0 Å². The highest BCUT2D eigenvalue weighted by molar-refractivity contribution is 5.79. The maximum atomic E-state index is 12.8. The quantitative estimate of drug-likeness (QED) is 0.678. The van der Waals surface area contributed by atoms with Crippen molar-refractivity contribution >= 4 is 12.1 Å². The normalized spacial score (nSPS) is 14.5. The van der Waals surface area contributed by atoms with Gasteiger partial charge in [0.1, 0.15) is 6.61 Å². The summed E-state index contributed by atoms with van der Waals surface area (Å²) in [4.78, 5) is 25.5. The van der Waals surface area contributed by atoms with Crippen molar-refractivity contribution < 1.29 is 19.4 Å². The number of carbonyl (C=O) groups excluding carboxylic acids is 1. The maximum Gasteiger partial charge on any atom is 0.410 e. The van der Waals surface area contributed by atoms with Gasteiger partial charge in [-0.15, -0.1) is 0 Å². The van der Waals surface area contributed by atoms with Crippen molar-refractivity contribution in [3.63, 3.8) is 0 Å². The topological polar surface area (TPSA) is 66.8 Å². The number of aliphatic carboxylic acids is 1. The lowest BCUT2D eigenvalue weighted by Crippen LogP contribution is -2.37. The largest absolute Gasteiger partial charge is 0.481 e. The number of hydrogen-bond acceptors (Lipinski definition) is 3. The fourth-order valence-corrected chi connectivity index (χ4v) is 4.73. The summed E-state index contributed by atoms with van der Waals surface area (Å²) >= 11 is 0. The standard InChI is InChI=1S/C26H23NO4/c28-25(29)14-17-9-10-19-15-27(12-11-18(19)13-17)26(30)31-16-24-22-7-3-1-5-20(22)21-6-2-4-8-23(21)24/h1-10,13,24H,11-12,14-16H2,(H,28,29). The highest BCUT2D eigenvalue weighted by atomic mass is 16.6. The lowest BCUT2D eigenvalue weighted by molar-refractivity contribution is -0.136. The number of carboxylic acid groups (broad SMARTS) is 1. The SMILES string of the molecule is O=C(O)Cc1ccc2c(c1)CCN(C(=O)OCC1c3ccccc3-c3ccccc31)C2. The summed E-state index contributed by atoms with van der Waals surface area (Å²) in [5, 5.41) is 8.99. The Morgan fingerprint density at radius 2 is 1.61 bits per heavy atom. The monoisotopic (exact) mass is 413 g/mol. The summed E-state index contributed by atoms with van der Waals surface area (Å²) in [6.07, 6.45) is 0.415. The average Bonchev–Trinajstić information content (AvgIpc) is 3.10. The highest BCUT2D eigenvalue weighted by Gasteiger charge is 2.30. The third-order valence-electron chi connectivity index (χ3n) is 6.23. The fraction of sp³-hybridized carbons (Fsp3) is 0.231. The lowest BCUT2D eigenvalue weighted by atomic mass is 9.96. The van der Waals surface area contributed by atoms with Gasteiger partial charge in [-0.3, -0.25) is 4.79 Å². The molecule has 1 heterocycles. The molecule has 0 aromatic heterocycles. The molecule has 0 fully saturated rings. The van der Waals surface area contributed by atoms with Gasteiger partial charge in [-0.1, -0.05) is 66.7 Å². The van der Waals surface area contributed by atoms with Gasteiger partial charge in [0, 0.05) is 19.0 Å².